The number of amides is 16. The van der Waals surface area contributed by atoms with Crippen molar-refractivity contribution >= 4 is 145 Å². The Labute approximate surface area is 855 Å². The molecule has 9 rings (SSSR count). The summed E-state index contributed by atoms with van der Waals surface area (Å²) in [7, 11) is 1.62. The van der Waals surface area contributed by atoms with Crippen LogP contribution in [0.1, 0.15) is 216 Å². The first-order chi connectivity index (χ1) is 69.3. The van der Waals surface area contributed by atoms with Gasteiger partial charge in [-0.1, -0.05) is 106 Å². The predicted molar refractivity (Wildman–Crippen MR) is 541 cm³/mol. The fourth-order valence-electron chi connectivity index (χ4n) is 18.0. The molecule has 2 aromatic heterocycles. The van der Waals surface area contributed by atoms with Gasteiger partial charge in [0.15, 0.2) is 0 Å². The molecule has 21 N–H and O–H groups in total. The number of carbonyl (C=O) groups excluding carboxylic acids is 16. The number of unbranched alkanes of at least 4 members (excludes halogenated alkanes) is 1. The number of nitrogens with two attached hydrogens (primary N) is 1. The Balaban J connectivity index is 0.981. The van der Waals surface area contributed by atoms with Crippen molar-refractivity contribution in [3.05, 3.63) is 153 Å². The van der Waals surface area contributed by atoms with E-state index in [1.54, 1.807) is 82.5 Å². The number of carbonyl (C=O) groups is 19. The predicted octanol–water partition coefficient (Wildman–Crippen LogP) is 3.25. The molecule has 146 heavy (non-hydrogen) atoms. The second-order valence-corrected chi connectivity index (χ2v) is 41.1. The molecule has 4 aliphatic heterocycles. The maximum atomic E-state index is 16.0. The van der Waals surface area contributed by atoms with Crippen molar-refractivity contribution in [1.29, 1.82) is 0 Å². The fourth-order valence-corrected chi connectivity index (χ4v) is 19.7. The van der Waals surface area contributed by atoms with Gasteiger partial charge in [0.1, 0.15) is 71.7 Å². The molecule has 2 saturated heterocycles. The number of likely N-dealkylation sites (N-methyl/N-ethyl adjacent to an activating group) is 1. The van der Waals surface area contributed by atoms with Gasteiger partial charge in [0, 0.05) is 69.5 Å². The Bertz CT molecular complexity index is 5520. The third kappa shape index (κ3) is 35.1. The maximum Gasteiger partial charge on any atom is 0.409 e. The number of aliphatic hydroxyl groups excluding tert-OH is 1. The number of nitrogens with zero attached hydrogens (tertiary/aromatic N) is 2. The number of fused-ring (bicyclic) bond motifs is 3. The van der Waals surface area contributed by atoms with Gasteiger partial charge in [-0.15, -0.1) is 11.3 Å². The number of allylic oxidation sites excluding steroid dienone is 3. The van der Waals surface area contributed by atoms with Crippen LogP contribution in [0.4, 0.5) is 4.79 Å². The minimum absolute atomic E-state index is 0.00269. The molecule has 0 aliphatic carbocycles. The van der Waals surface area contributed by atoms with Crippen LogP contribution >= 0.6 is 22.7 Å². The van der Waals surface area contributed by atoms with Crippen molar-refractivity contribution in [3.63, 3.8) is 0 Å². The molecule has 0 saturated carbocycles. The Morgan fingerprint density at radius 2 is 1.21 bits per heavy atom. The molecule has 2 fully saturated rings. The number of cyclic esters (lactones) is 1. The molecule has 6 heterocycles. The average Bonchev–Trinajstić information content (AvgIpc) is 1.56. The largest absolute Gasteiger partial charge is 0.481 e. The standard InChI is InChI=1S/C102H140N18O24S2/c1-60(83(103)127)106-85(129)71(110-89(133)75(53-67-59-146-79-35-20-19-33-69(67)79)113-87(131)72(104-9)52-65-39-48-145-58-65)36-37-80(122)105-44-25-21-34-70-86(130)108-68-38-46-119(57-68)98(143)144-47-26-15-11-10-12-22-40-101(41-23-13-14-24-42-102(43-28-45-120(102)62(3)121)97(142)116-77(55-82(125)126)91(135)114-78(93(137)118-101)56-99(4,5)6)96(141)115-76(54-81(123)124)90(134)112-74(51-64-31-27-32-66(49-64)94(138)139)92(136)117-100(7,8)95(140)107-61(2)84(128)111-73(88(132)109-70)50-63-29-17-16-18-30-63/h10-11,14,16-20,24,27,29-33,35,39,48-49,58-61,68,70-78,93,104,118,137H,12-13,15,21-23,25-26,28,34,36-38,40-47,50-57H2,1-9H3,(H2,103,127)(H,105,122)(H,106,129)(H,107,140)(H,108,130)(H,109,132)(H,110,133)(H,111,128)(H,112,134)(H,113,131)(H,114,135)(H,115,141)(H,116,142)(H,117,136)(H,123,124)(H,125,126)(H,138,139)/b11-10?,24-14-/t60-,61-,68-,70-,71-,72-,73-,74-,75-,76-,77-,78-,93?,101-,102-/m0/s1. The summed E-state index contributed by atoms with van der Waals surface area (Å²) in [5, 5.41) is 91.3. The number of ether oxygens (including phenoxy) is 1. The van der Waals surface area contributed by atoms with Crippen molar-refractivity contribution in [2.75, 3.05) is 39.8 Å². The number of hydrogen-bond donors (Lipinski definition) is 20. The average molecular weight is 2070 g/mol. The van der Waals surface area contributed by atoms with E-state index in [4.69, 9.17) is 10.5 Å². The zero-order valence-electron chi connectivity index (χ0n) is 83.9. The van der Waals surface area contributed by atoms with E-state index < -0.39 is 233 Å². The van der Waals surface area contributed by atoms with Crippen LogP contribution in [0.5, 0.6) is 0 Å². The number of carboxylic acid groups (broad SMARTS) is 3. The summed E-state index contributed by atoms with van der Waals surface area (Å²) in [4.78, 5) is 272. The second kappa shape index (κ2) is 55.1. The maximum absolute atomic E-state index is 16.0. The molecular weight excluding hydrogens is 1930 g/mol. The van der Waals surface area contributed by atoms with Gasteiger partial charge in [-0.25, -0.2) is 9.59 Å². The summed E-state index contributed by atoms with van der Waals surface area (Å²) in [6, 6.07) is 6.10. The fraction of sp³-hybridized carbons (Fsp3) is 0.539. The van der Waals surface area contributed by atoms with E-state index in [9.17, 15) is 92.3 Å². The first kappa shape index (κ1) is 116. The van der Waals surface area contributed by atoms with E-state index in [-0.39, 0.29) is 153 Å². The number of primary amides is 1. The summed E-state index contributed by atoms with van der Waals surface area (Å²) in [6.45, 7) is 11.8. The van der Waals surface area contributed by atoms with Gasteiger partial charge in [-0.05, 0) is 224 Å². The van der Waals surface area contributed by atoms with Crippen molar-refractivity contribution in [2.24, 2.45) is 11.1 Å². The highest BCUT2D eigenvalue weighted by atomic mass is 32.1. The van der Waals surface area contributed by atoms with E-state index in [0.717, 1.165) is 21.2 Å². The van der Waals surface area contributed by atoms with E-state index in [0.29, 0.717) is 31.2 Å². The number of carboxylic acids is 3. The SMILES string of the molecule is CN[C@@H](Cc1ccsc1)C(=O)N[C@@H](Cc1csc2ccccc12)C(=O)N[C@@H](CCC(=O)NCCCC[C@@H]1NC(=O)[C@H](Cc2ccccc2)NC(=O)[C@H](C)NC(=O)C(C)(C)NC(=O)[C@H](Cc2cccc(C(=O)O)c2)NC(=O)[C@H](CC(=O)O)NC(=O)[C@]2(CCCC=CCCCOC(=O)N3CC[C@@H](C3)NC1=O)CCC/C=C\C[C@]1(CCCN1C(C)=O)C(=O)N[C@@H](CC(=O)O)C(=O)N[C@@H](CC(C)(C)C)C(O)N2)C(=O)N[C@@H](C)C(N)=O. The van der Waals surface area contributed by atoms with Crippen LogP contribution in [-0.2, 0) is 112 Å². The molecule has 5 aromatic rings. The van der Waals surface area contributed by atoms with Crippen LogP contribution in [0, 0.1) is 5.41 Å². The van der Waals surface area contributed by atoms with Crippen molar-refractivity contribution in [2.45, 2.75) is 305 Å². The lowest BCUT2D eigenvalue weighted by Gasteiger charge is -2.41. The Kier molecular flexibility index (Phi) is 43.8. The van der Waals surface area contributed by atoms with Gasteiger partial charge in [0.2, 0.25) is 88.6 Å². The first-order valence-electron chi connectivity index (χ1n) is 49.4. The molecular formula is C102H140N18O24S2. The lowest BCUT2D eigenvalue weighted by Crippen LogP contribution is -2.67. The van der Waals surface area contributed by atoms with E-state index >= 15 is 19.2 Å². The zero-order valence-corrected chi connectivity index (χ0v) is 85.5. The van der Waals surface area contributed by atoms with Crippen LogP contribution < -0.4 is 85.5 Å². The Hall–Kier alpha value is -13.6. The summed E-state index contributed by atoms with van der Waals surface area (Å²) in [6.07, 6.45) is 2.60. The molecule has 15 atom stereocenters. The van der Waals surface area contributed by atoms with Crippen molar-refractivity contribution < 1.29 is 116 Å². The summed E-state index contributed by atoms with van der Waals surface area (Å²) >= 11 is 2.90. The molecule has 3 aromatic carbocycles. The van der Waals surface area contributed by atoms with Crippen LogP contribution in [0.25, 0.3) is 10.1 Å². The number of aliphatic hydroxyl groups is 1. The molecule has 16 amide bonds. The van der Waals surface area contributed by atoms with Gasteiger partial charge >= 0.3 is 24.0 Å². The van der Waals surface area contributed by atoms with Crippen LogP contribution in [0.15, 0.2) is 125 Å². The van der Waals surface area contributed by atoms with Crippen molar-refractivity contribution in [1.82, 2.24) is 89.6 Å². The Morgan fingerprint density at radius 3 is 1.86 bits per heavy atom. The van der Waals surface area contributed by atoms with Gasteiger partial charge in [-0.3, -0.25) is 86.8 Å². The number of rotatable bonds is 30. The monoisotopic (exact) mass is 2060 g/mol. The highest BCUT2D eigenvalue weighted by Gasteiger charge is 2.51. The number of hydrogen-bond acceptors (Lipinski definition) is 25. The topological polar surface area (TPSA) is 627 Å². The van der Waals surface area contributed by atoms with Crippen LogP contribution in [-0.4, -0.2) is 278 Å². The summed E-state index contributed by atoms with van der Waals surface area (Å²) in [5.74, 6) is -17.5. The molecule has 44 heteroatoms. The third-order valence-electron chi connectivity index (χ3n) is 26.1. The van der Waals surface area contributed by atoms with E-state index in [1.807, 2.05) is 46.5 Å². The number of aromatic carboxylic acids is 1. The first-order valence-corrected chi connectivity index (χ1v) is 51.2. The number of aliphatic carboxylic acids is 2. The lowest BCUT2D eigenvalue weighted by molar-refractivity contribution is -0.146. The number of thiophene rings is 2. The minimum Gasteiger partial charge on any atom is -0.481 e. The van der Waals surface area contributed by atoms with Gasteiger partial charge < -0.3 is 115 Å². The quantitative estimate of drug-likeness (QED) is 0.0232. The van der Waals surface area contributed by atoms with Crippen LogP contribution in [0.3, 0.4) is 0 Å². The van der Waals surface area contributed by atoms with Gasteiger partial charge in [0.05, 0.1) is 42.6 Å². The summed E-state index contributed by atoms with van der Waals surface area (Å²) < 4.78 is 6.66. The van der Waals surface area contributed by atoms with Gasteiger partial charge in [0.25, 0.3) is 0 Å². The van der Waals surface area contributed by atoms with Crippen LogP contribution in [0.2, 0.25) is 0 Å². The highest BCUT2D eigenvalue weighted by molar-refractivity contribution is 7.17. The molecule has 2 spiro atoms. The molecule has 0 radical (unpaired) electrons. The number of benzene rings is 3. The number of nitrogens with one attached hydrogen (secondary N) is 15. The minimum atomic E-state index is -2.10. The Morgan fingerprint density at radius 1 is 0.603 bits per heavy atom. The molecule has 42 nitrogen and oxygen atoms in total. The lowest BCUT2D eigenvalue weighted by atomic mass is 9.83. The normalized spacial score (nSPS) is 24.2. The number of likely N-dealkylation sites (tertiary alicyclic amines) is 1. The molecule has 4 aliphatic rings. The zero-order chi connectivity index (χ0) is 107. The molecule has 1 unspecified atom stereocenters. The smallest absolute Gasteiger partial charge is 0.409 e. The van der Waals surface area contributed by atoms with E-state index in [2.05, 4.69) is 79.8 Å². The molecule has 2 bridgehead atoms. The summed E-state index contributed by atoms with van der Waals surface area (Å²) in [5.41, 5.74) is 1.10. The highest BCUT2D eigenvalue weighted by Crippen LogP contribution is 2.36. The second-order valence-electron chi connectivity index (χ2n) is 39.4. The van der Waals surface area contributed by atoms with Gasteiger partial charge in [-0.2, -0.15) is 11.3 Å². The molecule has 794 valence electrons. The van der Waals surface area contributed by atoms with Crippen molar-refractivity contribution in [3.8, 4) is 0 Å². The van der Waals surface area contributed by atoms with E-state index in [1.165, 1.54) is 91.4 Å². The third-order valence-corrected chi connectivity index (χ3v) is 27.9.